The zero-order valence-corrected chi connectivity index (χ0v) is 21.5. The second-order valence-electron chi connectivity index (χ2n) is 9.05. The normalized spacial score (nSPS) is 11.8. The van der Waals surface area contributed by atoms with Crippen LogP contribution in [0.5, 0.6) is 5.75 Å². The molecule has 1 aromatic heterocycles. The molecule has 3 rings (SSSR count). The summed E-state index contributed by atoms with van der Waals surface area (Å²) in [4.78, 5) is 30.8. The lowest BCUT2D eigenvalue weighted by atomic mass is 10.0. The first-order valence-corrected chi connectivity index (χ1v) is 12.4. The van der Waals surface area contributed by atoms with Gasteiger partial charge in [0.15, 0.2) is 11.5 Å². The van der Waals surface area contributed by atoms with Gasteiger partial charge in [0.25, 0.3) is 11.8 Å². The summed E-state index contributed by atoms with van der Waals surface area (Å²) in [6, 6.07) is 15.9. The van der Waals surface area contributed by atoms with Gasteiger partial charge in [0.05, 0.1) is 7.11 Å². The van der Waals surface area contributed by atoms with Gasteiger partial charge in [0.1, 0.15) is 11.8 Å². The van der Waals surface area contributed by atoms with E-state index in [1.165, 1.54) is 0 Å². The fraction of sp³-hybridized carbons (Fsp3) is 0.393. The molecule has 0 saturated carbocycles. The van der Waals surface area contributed by atoms with E-state index in [1.807, 2.05) is 37.4 Å². The molecule has 8 heteroatoms. The van der Waals surface area contributed by atoms with Crippen molar-refractivity contribution in [1.29, 1.82) is 0 Å². The molecule has 0 bridgehead atoms. The minimum absolute atomic E-state index is 0.217. The highest BCUT2D eigenvalue weighted by molar-refractivity contribution is 5.98. The number of carbonyl (C=O) groups is 2. The van der Waals surface area contributed by atoms with Crippen LogP contribution in [0.15, 0.2) is 59.0 Å². The number of rotatable bonds is 13. The summed E-state index contributed by atoms with van der Waals surface area (Å²) >= 11 is 0. The van der Waals surface area contributed by atoms with E-state index in [2.05, 4.69) is 34.8 Å². The van der Waals surface area contributed by atoms with E-state index < -0.39 is 6.04 Å². The lowest BCUT2D eigenvalue weighted by Gasteiger charge is -2.18. The first-order chi connectivity index (χ1) is 17.4. The number of oxazole rings is 1. The van der Waals surface area contributed by atoms with Crippen molar-refractivity contribution in [2.75, 3.05) is 27.2 Å². The molecule has 2 aromatic carbocycles. The summed E-state index contributed by atoms with van der Waals surface area (Å²) in [5.41, 5.74) is 1.44. The lowest BCUT2D eigenvalue weighted by Crippen LogP contribution is -2.30. The fourth-order valence-electron chi connectivity index (χ4n) is 3.84. The predicted octanol–water partition coefficient (Wildman–Crippen LogP) is 4.60. The highest BCUT2D eigenvalue weighted by atomic mass is 16.5. The second-order valence-corrected chi connectivity index (χ2v) is 9.05. The molecule has 1 atom stereocenters. The van der Waals surface area contributed by atoms with Crippen molar-refractivity contribution in [2.45, 2.75) is 39.2 Å². The fourth-order valence-corrected chi connectivity index (χ4v) is 3.84. The van der Waals surface area contributed by atoms with Gasteiger partial charge in [-0.2, -0.15) is 0 Å². The molecule has 0 radical (unpaired) electrons. The van der Waals surface area contributed by atoms with Crippen LogP contribution >= 0.6 is 0 Å². The standard InChI is InChI=1S/C28H36N4O4/c1-19(2)17-23(31-26(33)21-13-10-14-22(18-21)35-4)28-32-24(27(34)30-16-9-8-15-29-3)25(36-28)20-11-6-5-7-12-20/h5-7,10-14,18-19,23,29H,8-9,15-17H2,1-4H3,(H,30,34)(H,31,33)/t23-/m0/s1. The monoisotopic (exact) mass is 492 g/mol. The Kier molecular flexibility index (Phi) is 10.1. The Morgan fingerprint density at radius 3 is 2.44 bits per heavy atom. The van der Waals surface area contributed by atoms with E-state index in [1.54, 1.807) is 31.4 Å². The molecule has 0 unspecified atom stereocenters. The van der Waals surface area contributed by atoms with Crippen LogP contribution in [0, 0.1) is 5.92 Å². The van der Waals surface area contributed by atoms with Gasteiger partial charge < -0.3 is 25.1 Å². The quantitative estimate of drug-likeness (QED) is 0.301. The summed E-state index contributed by atoms with van der Waals surface area (Å²) in [6.45, 7) is 5.55. The third-order valence-electron chi connectivity index (χ3n) is 5.68. The number of nitrogens with one attached hydrogen (secondary N) is 3. The minimum atomic E-state index is -0.511. The molecule has 2 amide bonds. The average Bonchev–Trinajstić information content (AvgIpc) is 3.34. The van der Waals surface area contributed by atoms with Gasteiger partial charge in [-0.25, -0.2) is 4.98 Å². The van der Waals surface area contributed by atoms with E-state index >= 15 is 0 Å². The Hall–Kier alpha value is -3.65. The molecular weight excluding hydrogens is 456 g/mol. The van der Waals surface area contributed by atoms with Crippen LogP contribution in [0.2, 0.25) is 0 Å². The third-order valence-corrected chi connectivity index (χ3v) is 5.68. The molecule has 3 N–H and O–H groups in total. The van der Waals surface area contributed by atoms with E-state index in [-0.39, 0.29) is 23.4 Å². The molecule has 1 heterocycles. The number of nitrogens with zero attached hydrogens (tertiary/aromatic N) is 1. The zero-order chi connectivity index (χ0) is 25.9. The highest BCUT2D eigenvalue weighted by Gasteiger charge is 2.27. The summed E-state index contributed by atoms with van der Waals surface area (Å²) < 4.78 is 11.4. The van der Waals surface area contributed by atoms with Gasteiger partial charge in [-0.3, -0.25) is 9.59 Å². The second kappa shape index (κ2) is 13.4. The maximum atomic E-state index is 13.1. The predicted molar refractivity (Wildman–Crippen MR) is 140 cm³/mol. The highest BCUT2D eigenvalue weighted by Crippen LogP contribution is 2.30. The number of benzene rings is 2. The summed E-state index contributed by atoms with van der Waals surface area (Å²) in [6.07, 6.45) is 2.40. The Morgan fingerprint density at radius 1 is 1.00 bits per heavy atom. The van der Waals surface area contributed by atoms with Gasteiger partial charge in [-0.1, -0.05) is 50.2 Å². The molecule has 8 nitrogen and oxygen atoms in total. The third kappa shape index (κ3) is 7.42. The Balaban J connectivity index is 1.89. The van der Waals surface area contributed by atoms with Gasteiger partial charge in [0, 0.05) is 17.7 Å². The lowest BCUT2D eigenvalue weighted by molar-refractivity contribution is 0.0923. The number of ether oxygens (including phenoxy) is 1. The Morgan fingerprint density at radius 2 is 1.75 bits per heavy atom. The molecule has 0 spiro atoms. The molecule has 0 aliphatic heterocycles. The SMILES string of the molecule is CNCCCCNC(=O)c1nc([C@H](CC(C)C)NC(=O)c2cccc(OC)c2)oc1-c1ccccc1. The van der Waals surface area contributed by atoms with E-state index in [0.717, 1.165) is 24.9 Å². The van der Waals surface area contributed by atoms with Crippen molar-refractivity contribution in [1.82, 2.24) is 20.9 Å². The van der Waals surface area contributed by atoms with Crippen molar-refractivity contribution < 1.29 is 18.7 Å². The van der Waals surface area contributed by atoms with Crippen molar-refractivity contribution >= 4 is 11.8 Å². The summed E-state index contributed by atoms with van der Waals surface area (Å²) in [7, 11) is 3.46. The molecule has 0 aliphatic rings. The first kappa shape index (κ1) is 26.9. The number of carbonyl (C=O) groups excluding carboxylic acids is 2. The zero-order valence-electron chi connectivity index (χ0n) is 21.5. The van der Waals surface area contributed by atoms with E-state index in [4.69, 9.17) is 9.15 Å². The van der Waals surface area contributed by atoms with Gasteiger partial charge in [0.2, 0.25) is 5.89 Å². The number of amides is 2. The first-order valence-electron chi connectivity index (χ1n) is 12.4. The number of methoxy groups -OCH3 is 1. The summed E-state index contributed by atoms with van der Waals surface area (Å²) in [5, 5.41) is 9.09. The maximum absolute atomic E-state index is 13.1. The smallest absolute Gasteiger partial charge is 0.273 e. The average molecular weight is 493 g/mol. The van der Waals surface area contributed by atoms with Gasteiger partial charge in [-0.15, -0.1) is 0 Å². The topological polar surface area (TPSA) is 105 Å². The number of hydrogen-bond donors (Lipinski definition) is 3. The van der Waals surface area contributed by atoms with E-state index in [9.17, 15) is 9.59 Å². The van der Waals surface area contributed by atoms with Gasteiger partial charge >= 0.3 is 0 Å². The number of hydrogen-bond acceptors (Lipinski definition) is 6. The summed E-state index contributed by atoms with van der Waals surface area (Å²) in [5.74, 6) is 0.975. The Labute approximate surface area is 212 Å². The van der Waals surface area contributed by atoms with Crippen LogP contribution in [0.1, 0.15) is 65.9 Å². The number of unbranched alkanes of at least 4 members (excludes halogenated alkanes) is 1. The maximum Gasteiger partial charge on any atom is 0.273 e. The minimum Gasteiger partial charge on any atom is -0.497 e. The van der Waals surface area contributed by atoms with Crippen LogP contribution in [-0.2, 0) is 0 Å². The van der Waals surface area contributed by atoms with Crippen molar-refractivity contribution in [3.8, 4) is 17.1 Å². The van der Waals surface area contributed by atoms with Crippen LogP contribution in [-0.4, -0.2) is 44.0 Å². The van der Waals surface area contributed by atoms with Crippen LogP contribution < -0.4 is 20.7 Å². The molecule has 0 saturated heterocycles. The Bertz CT molecular complexity index is 1130. The van der Waals surface area contributed by atoms with Crippen LogP contribution in [0.4, 0.5) is 0 Å². The molecule has 192 valence electrons. The largest absolute Gasteiger partial charge is 0.497 e. The molecule has 36 heavy (non-hydrogen) atoms. The van der Waals surface area contributed by atoms with Crippen LogP contribution in [0.25, 0.3) is 11.3 Å². The molecule has 3 aromatic rings. The molecule has 0 fully saturated rings. The van der Waals surface area contributed by atoms with Crippen molar-refractivity contribution in [2.24, 2.45) is 5.92 Å². The number of aromatic nitrogens is 1. The van der Waals surface area contributed by atoms with Crippen molar-refractivity contribution in [3.05, 3.63) is 71.7 Å². The van der Waals surface area contributed by atoms with Crippen molar-refractivity contribution in [3.63, 3.8) is 0 Å². The van der Waals surface area contributed by atoms with Crippen LogP contribution in [0.3, 0.4) is 0 Å². The van der Waals surface area contributed by atoms with E-state index in [0.29, 0.717) is 35.9 Å². The van der Waals surface area contributed by atoms with Gasteiger partial charge in [-0.05, 0) is 57.0 Å². The molecule has 0 aliphatic carbocycles. The molecular formula is C28H36N4O4.